The Morgan fingerprint density at radius 1 is 0.923 bits per heavy atom. The SMILES string of the molecule is Cc1ccc(S(=O)(=O)N(CC(=O)N(Cc2ccccc2)[C@@H](C)C(=O)NC(C)(C)C)c2ccc(Cl)c(Cl)c2)cc1. The van der Waals surface area contributed by atoms with Gasteiger partial charge < -0.3 is 10.2 Å². The molecule has 0 spiro atoms. The number of hydrogen-bond donors (Lipinski definition) is 1. The highest BCUT2D eigenvalue weighted by Crippen LogP contribution is 2.31. The fraction of sp³-hybridized carbons (Fsp3) is 0.310. The van der Waals surface area contributed by atoms with Crippen molar-refractivity contribution < 1.29 is 18.0 Å². The average Bonchev–Trinajstić information content (AvgIpc) is 2.86. The number of nitrogens with zero attached hydrogens (tertiary/aromatic N) is 2. The molecule has 0 bridgehead atoms. The van der Waals surface area contributed by atoms with Crippen LogP contribution in [0.25, 0.3) is 0 Å². The second-order valence-electron chi connectivity index (χ2n) is 10.3. The number of anilines is 1. The van der Waals surface area contributed by atoms with Gasteiger partial charge in [-0.05, 0) is 70.5 Å². The second-order valence-corrected chi connectivity index (χ2v) is 13.0. The van der Waals surface area contributed by atoms with E-state index in [0.717, 1.165) is 15.4 Å². The standard InChI is InChI=1S/C29H33Cl2N3O4S/c1-20-11-14-24(15-12-20)39(37,38)34(23-13-16-25(30)26(31)17-23)19-27(35)33(18-22-9-7-6-8-10-22)21(2)28(36)32-29(3,4)5/h6-17,21H,18-19H2,1-5H3,(H,32,36)/t21-/m0/s1. The molecule has 7 nitrogen and oxygen atoms in total. The maximum Gasteiger partial charge on any atom is 0.264 e. The molecule has 0 fully saturated rings. The topological polar surface area (TPSA) is 86.8 Å². The smallest absolute Gasteiger partial charge is 0.264 e. The summed E-state index contributed by atoms with van der Waals surface area (Å²) in [4.78, 5) is 28.4. The Hall–Kier alpha value is -3.07. The summed E-state index contributed by atoms with van der Waals surface area (Å²) in [7, 11) is -4.19. The number of rotatable bonds is 9. The molecule has 0 saturated heterocycles. The summed E-state index contributed by atoms with van der Waals surface area (Å²) in [5.74, 6) is -0.911. The lowest BCUT2D eigenvalue weighted by Gasteiger charge is -2.33. The largest absolute Gasteiger partial charge is 0.350 e. The van der Waals surface area contributed by atoms with Crippen molar-refractivity contribution in [2.45, 2.75) is 57.6 Å². The molecule has 2 amide bonds. The molecule has 3 rings (SSSR count). The highest BCUT2D eigenvalue weighted by molar-refractivity contribution is 7.92. The summed E-state index contributed by atoms with van der Waals surface area (Å²) in [6.07, 6.45) is 0. The van der Waals surface area contributed by atoms with E-state index in [1.54, 1.807) is 19.1 Å². The molecule has 208 valence electrons. The molecule has 0 aliphatic heterocycles. The summed E-state index contributed by atoms with van der Waals surface area (Å²) in [5, 5.41) is 3.29. The quantitative estimate of drug-likeness (QED) is 0.340. The molecule has 0 radical (unpaired) electrons. The van der Waals surface area contributed by atoms with E-state index < -0.39 is 34.1 Å². The molecular weight excluding hydrogens is 557 g/mol. The minimum atomic E-state index is -4.19. The van der Waals surface area contributed by atoms with Gasteiger partial charge in [0.1, 0.15) is 12.6 Å². The van der Waals surface area contributed by atoms with Crippen molar-refractivity contribution in [2.75, 3.05) is 10.8 Å². The van der Waals surface area contributed by atoms with Crippen LogP contribution in [0.4, 0.5) is 5.69 Å². The molecule has 10 heteroatoms. The fourth-order valence-electron chi connectivity index (χ4n) is 3.84. The molecule has 0 unspecified atom stereocenters. The lowest BCUT2D eigenvalue weighted by Crippen LogP contribution is -2.54. The van der Waals surface area contributed by atoms with E-state index in [1.165, 1.54) is 35.2 Å². The Balaban J connectivity index is 2.05. The van der Waals surface area contributed by atoms with Crippen LogP contribution in [0.5, 0.6) is 0 Å². The van der Waals surface area contributed by atoms with Crippen LogP contribution in [0.15, 0.2) is 77.7 Å². The molecule has 0 aromatic heterocycles. The van der Waals surface area contributed by atoms with E-state index in [4.69, 9.17) is 23.2 Å². The first-order chi connectivity index (χ1) is 18.2. The van der Waals surface area contributed by atoms with Gasteiger partial charge in [0.05, 0.1) is 20.6 Å². The first kappa shape index (κ1) is 30.5. The molecular formula is C29H33Cl2N3O4S. The van der Waals surface area contributed by atoms with Gasteiger partial charge in [0, 0.05) is 12.1 Å². The zero-order valence-electron chi connectivity index (χ0n) is 22.6. The van der Waals surface area contributed by atoms with Crippen LogP contribution >= 0.6 is 23.2 Å². The van der Waals surface area contributed by atoms with Crippen molar-refractivity contribution in [2.24, 2.45) is 0 Å². The number of benzene rings is 3. The minimum absolute atomic E-state index is 0.0140. The van der Waals surface area contributed by atoms with Crippen molar-refractivity contribution in [1.29, 1.82) is 0 Å². The monoisotopic (exact) mass is 589 g/mol. The molecule has 0 saturated carbocycles. The van der Waals surface area contributed by atoms with E-state index in [-0.39, 0.29) is 33.1 Å². The maximum atomic E-state index is 13.9. The molecule has 0 aliphatic rings. The Morgan fingerprint density at radius 2 is 1.54 bits per heavy atom. The molecule has 0 aliphatic carbocycles. The zero-order chi connectivity index (χ0) is 29.0. The van der Waals surface area contributed by atoms with Crippen molar-refractivity contribution in [3.63, 3.8) is 0 Å². The Morgan fingerprint density at radius 3 is 2.10 bits per heavy atom. The van der Waals surface area contributed by atoms with Gasteiger partial charge in [-0.2, -0.15) is 0 Å². The average molecular weight is 591 g/mol. The van der Waals surface area contributed by atoms with Crippen LogP contribution in [-0.2, 0) is 26.2 Å². The highest BCUT2D eigenvalue weighted by atomic mass is 35.5. The number of sulfonamides is 1. The lowest BCUT2D eigenvalue weighted by atomic mass is 10.1. The molecule has 3 aromatic carbocycles. The third-order valence-electron chi connectivity index (χ3n) is 5.94. The summed E-state index contributed by atoms with van der Waals surface area (Å²) in [5.41, 5.74) is 1.33. The van der Waals surface area contributed by atoms with Gasteiger partial charge in [0.2, 0.25) is 11.8 Å². The maximum absolute atomic E-state index is 13.9. The van der Waals surface area contributed by atoms with Crippen molar-refractivity contribution in [3.05, 3.63) is 94.0 Å². The number of carbonyl (C=O) groups excluding carboxylic acids is 2. The van der Waals surface area contributed by atoms with E-state index in [0.29, 0.717) is 0 Å². The van der Waals surface area contributed by atoms with Crippen LogP contribution in [0, 0.1) is 6.92 Å². The van der Waals surface area contributed by atoms with Gasteiger partial charge in [-0.25, -0.2) is 8.42 Å². The van der Waals surface area contributed by atoms with Crippen LogP contribution in [0.1, 0.15) is 38.8 Å². The minimum Gasteiger partial charge on any atom is -0.350 e. The summed E-state index contributed by atoms with van der Waals surface area (Å²) in [6, 6.07) is 19.0. The number of carbonyl (C=O) groups is 2. The predicted octanol–water partition coefficient (Wildman–Crippen LogP) is 5.83. The number of nitrogens with one attached hydrogen (secondary N) is 1. The molecule has 1 N–H and O–H groups in total. The van der Waals surface area contributed by atoms with Crippen LogP contribution in [-0.4, -0.2) is 43.3 Å². The molecule has 39 heavy (non-hydrogen) atoms. The predicted molar refractivity (Wildman–Crippen MR) is 157 cm³/mol. The second kappa shape index (κ2) is 12.4. The third-order valence-corrected chi connectivity index (χ3v) is 8.47. The van der Waals surface area contributed by atoms with Crippen LogP contribution in [0.3, 0.4) is 0 Å². The molecule has 0 heterocycles. The zero-order valence-corrected chi connectivity index (χ0v) is 24.9. The van der Waals surface area contributed by atoms with Gasteiger partial charge >= 0.3 is 0 Å². The van der Waals surface area contributed by atoms with Gasteiger partial charge in [-0.1, -0.05) is 71.2 Å². The van der Waals surface area contributed by atoms with Crippen LogP contribution < -0.4 is 9.62 Å². The number of halogens is 2. The van der Waals surface area contributed by atoms with Gasteiger partial charge in [0.15, 0.2) is 0 Å². The van der Waals surface area contributed by atoms with Gasteiger partial charge in [0.25, 0.3) is 10.0 Å². The lowest BCUT2D eigenvalue weighted by molar-refractivity contribution is -0.140. The van der Waals surface area contributed by atoms with E-state index in [1.807, 2.05) is 58.0 Å². The Kier molecular flexibility index (Phi) is 9.69. The van der Waals surface area contributed by atoms with Crippen molar-refractivity contribution >= 4 is 50.7 Å². The Bertz CT molecular complexity index is 1420. The number of hydrogen-bond acceptors (Lipinski definition) is 4. The normalized spacial score (nSPS) is 12.5. The van der Waals surface area contributed by atoms with E-state index >= 15 is 0 Å². The van der Waals surface area contributed by atoms with E-state index in [9.17, 15) is 18.0 Å². The van der Waals surface area contributed by atoms with Crippen molar-refractivity contribution in [3.8, 4) is 0 Å². The first-order valence-corrected chi connectivity index (χ1v) is 14.6. The number of amides is 2. The fourth-order valence-corrected chi connectivity index (χ4v) is 5.54. The third kappa shape index (κ3) is 7.97. The highest BCUT2D eigenvalue weighted by Gasteiger charge is 2.33. The summed E-state index contributed by atoms with van der Waals surface area (Å²) < 4.78 is 28.7. The van der Waals surface area contributed by atoms with Gasteiger partial charge in [-0.3, -0.25) is 13.9 Å². The Labute approximate surface area is 240 Å². The van der Waals surface area contributed by atoms with Crippen molar-refractivity contribution in [1.82, 2.24) is 10.2 Å². The van der Waals surface area contributed by atoms with Crippen LogP contribution in [0.2, 0.25) is 10.0 Å². The molecule has 1 atom stereocenters. The molecule has 3 aromatic rings. The number of aryl methyl sites for hydroxylation is 1. The van der Waals surface area contributed by atoms with Gasteiger partial charge in [-0.15, -0.1) is 0 Å². The summed E-state index contributed by atoms with van der Waals surface area (Å²) >= 11 is 12.3. The summed E-state index contributed by atoms with van der Waals surface area (Å²) in [6.45, 7) is 8.57. The van der Waals surface area contributed by atoms with E-state index in [2.05, 4.69) is 5.32 Å². The first-order valence-electron chi connectivity index (χ1n) is 12.4.